The first kappa shape index (κ1) is 13.1. The van der Waals surface area contributed by atoms with Gasteiger partial charge in [0.1, 0.15) is 5.75 Å². The maximum absolute atomic E-state index is 9.33. The highest BCUT2D eigenvalue weighted by molar-refractivity contribution is 5.56. The number of nitrogens with zero attached hydrogens (tertiary/aromatic N) is 2. The molecular formula is C17H20N2O. The summed E-state index contributed by atoms with van der Waals surface area (Å²) in [5, 5.41) is 9.33. The second-order valence-corrected chi connectivity index (χ2v) is 5.61. The van der Waals surface area contributed by atoms with Crippen LogP contribution in [0.2, 0.25) is 0 Å². The van der Waals surface area contributed by atoms with Gasteiger partial charge in [-0.05, 0) is 55.0 Å². The van der Waals surface area contributed by atoms with Crippen molar-refractivity contribution in [3.05, 3.63) is 41.7 Å². The number of hydrogen-bond donors (Lipinski definition) is 1. The molecule has 3 rings (SSSR count). The Balaban J connectivity index is 1.85. The predicted octanol–water partition coefficient (Wildman–Crippen LogP) is 3.75. The lowest BCUT2D eigenvalue weighted by molar-refractivity contribution is 0.417. The Hall–Kier alpha value is -1.90. The predicted molar refractivity (Wildman–Crippen MR) is 79.6 cm³/mol. The third kappa shape index (κ3) is 2.67. The molecule has 1 unspecified atom stereocenters. The van der Waals surface area contributed by atoms with Gasteiger partial charge < -0.3 is 5.11 Å². The zero-order valence-corrected chi connectivity index (χ0v) is 11.8. The normalized spacial score (nSPS) is 17.8. The van der Waals surface area contributed by atoms with Crippen LogP contribution in [-0.4, -0.2) is 15.1 Å². The zero-order chi connectivity index (χ0) is 13.9. The highest BCUT2D eigenvalue weighted by atomic mass is 16.3. The highest BCUT2D eigenvalue weighted by Crippen LogP contribution is 2.28. The molecule has 0 fully saturated rings. The standard InChI is InChI=1S/C17H20N2O/c1-2-3-12-4-9-16-14(10-12)11-18-17(19-16)13-5-7-15(20)8-6-13/h5-8,11-12,20H,2-4,9-10H2,1H3. The summed E-state index contributed by atoms with van der Waals surface area (Å²) < 4.78 is 0. The minimum absolute atomic E-state index is 0.272. The fraction of sp³-hybridized carbons (Fsp3) is 0.412. The Bertz CT molecular complexity index is 592. The summed E-state index contributed by atoms with van der Waals surface area (Å²) in [6.07, 6.45) is 7.98. The van der Waals surface area contributed by atoms with E-state index in [0.717, 1.165) is 30.1 Å². The monoisotopic (exact) mass is 268 g/mol. The summed E-state index contributed by atoms with van der Waals surface area (Å²) in [4.78, 5) is 9.21. The third-order valence-corrected chi connectivity index (χ3v) is 4.07. The zero-order valence-electron chi connectivity index (χ0n) is 11.8. The molecule has 0 spiro atoms. The van der Waals surface area contributed by atoms with Crippen LogP contribution in [-0.2, 0) is 12.8 Å². The number of benzene rings is 1. The fourth-order valence-electron chi connectivity index (χ4n) is 2.99. The van der Waals surface area contributed by atoms with Crippen molar-refractivity contribution < 1.29 is 5.11 Å². The molecule has 1 aliphatic rings. The molecule has 0 bridgehead atoms. The van der Waals surface area contributed by atoms with Crippen LogP contribution in [0.25, 0.3) is 11.4 Å². The molecule has 1 aromatic carbocycles. The number of fused-ring (bicyclic) bond motifs is 1. The molecular weight excluding hydrogens is 248 g/mol. The lowest BCUT2D eigenvalue weighted by Gasteiger charge is -2.23. The van der Waals surface area contributed by atoms with Gasteiger partial charge in [-0.25, -0.2) is 9.97 Å². The molecule has 0 radical (unpaired) electrons. The summed E-state index contributed by atoms with van der Waals surface area (Å²) in [5.41, 5.74) is 3.48. The van der Waals surface area contributed by atoms with Gasteiger partial charge in [-0.3, -0.25) is 0 Å². The summed E-state index contributed by atoms with van der Waals surface area (Å²) in [5.74, 6) is 1.84. The van der Waals surface area contributed by atoms with Gasteiger partial charge in [-0.1, -0.05) is 19.8 Å². The van der Waals surface area contributed by atoms with E-state index < -0.39 is 0 Å². The average molecular weight is 268 g/mol. The van der Waals surface area contributed by atoms with E-state index in [2.05, 4.69) is 11.9 Å². The van der Waals surface area contributed by atoms with Gasteiger partial charge in [0.2, 0.25) is 0 Å². The quantitative estimate of drug-likeness (QED) is 0.922. The highest BCUT2D eigenvalue weighted by Gasteiger charge is 2.20. The van der Waals surface area contributed by atoms with E-state index in [-0.39, 0.29) is 5.75 Å². The third-order valence-electron chi connectivity index (χ3n) is 4.07. The van der Waals surface area contributed by atoms with Crippen molar-refractivity contribution in [3.8, 4) is 17.1 Å². The number of aromatic nitrogens is 2. The van der Waals surface area contributed by atoms with Gasteiger partial charge >= 0.3 is 0 Å². The van der Waals surface area contributed by atoms with Gasteiger partial charge in [-0.15, -0.1) is 0 Å². The van der Waals surface area contributed by atoms with Crippen LogP contribution in [0.1, 0.15) is 37.4 Å². The van der Waals surface area contributed by atoms with Crippen molar-refractivity contribution in [2.24, 2.45) is 5.92 Å². The Morgan fingerprint density at radius 2 is 2.05 bits per heavy atom. The second-order valence-electron chi connectivity index (χ2n) is 5.61. The number of phenols is 1. The number of phenolic OH excluding ortho intramolecular Hbond substituents is 1. The first-order chi connectivity index (χ1) is 9.76. The molecule has 2 aromatic rings. The van der Waals surface area contributed by atoms with Crippen molar-refractivity contribution in [2.75, 3.05) is 0 Å². The van der Waals surface area contributed by atoms with Crippen molar-refractivity contribution in [2.45, 2.75) is 39.0 Å². The maximum Gasteiger partial charge on any atom is 0.159 e. The van der Waals surface area contributed by atoms with E-state index in [1.807, 2.05) is 18.3 Å². The Morgan fingerprint density at radius 1 is 1.25 bits per heavy atom. The molecule has 1 N–H and O–H groups in total. The first-order valence-corrected chi connectivity index (χ1v) is 7.40. The molecule has 0 amide bonds. The van der Waals surface area contributed by atoms with E-state index >= 15 is 0 Å². The molecule has 104 valence electrons. The van der Waals surface area contributed by atoms with Crippen LogP contribution in [0.5, 0.6) is 5.75 Å². The lowest BCUT2D eigenvalue weighted by atomic mass is 9.84. The first-order valence-electron chi connectivity index (χ1n) is 7.40. The molecule has 0 saturated heterocycles. The SMILES string of the molecule is CCCC1CCc2nc(-c3ccc(O)cc3)ncc2C1. The van der Waals surface area contributed by atoms with Crippen LogP contribution < -0.4 is 0 Å². The van der Waals surface area contributed by atoms with Crippen molar-refractivity contribution in [1.82, 2.24) is 9.97 Å². The average Bonchev–Trinajstić information content (AvgIpc) is 2.48. The topological polar surface area (TPSA) is 46.0 Å². The van der Waals surface area contributed by atoms with Crippen LogP contribution in [0.4, 0.5) is 0 Å². The van der Waals surface area contributed by atoms with Gasteiger partial charge in [0.05, 0.1) is 0 Å². The van der Waals surface area contributed by atoms with Crippen molar-refractivity contribution in [3.63, 3.8) is 0 Å². The van der Waals surface area contributed by atoms with Gasteiger partial charge in [0.15, 0.2) is 5.82 Å². The minimum atomic E-state index is 0.272. The van der Waals surface area contributed by atoms with Crippen LogP contribution >= 0.6 is 0 Å². The summed E-state index contributed by atoms with van der Waals surface area (Å²) in [7, 11) is 0. The van der Waals surface area contributed by atoms with E-state index in [0.29, 0.717) is 0 Å². The number of aromatic hydroxyl groups is 1. The Kier molecular flexibility index (Phi) is 3.68. The van der Waals surface area contributed by atoms with Gasteiger partial charge in [-0.2, -0.15) is 0 Å². The van der Waals surface area contributed by atoms with E-state index in [9.17, 15) is 5.11 Å². The van der Waals surface area contributed by atoms with Crippen LogP contribution in [0, 0.1) is 5.92 Å². The molecule has 1 atom stereocenters. The number of hydrogen-bond acceptors (Lipinski definition) is 3. The van der Waals surface area contributed by atoms with E-state index in [4.69, 9.17) is 4.98 Å². The van der Waals surface area contributed by atoms with Crippen LogP contribution in [0.15, 0.2) is 30.5 Å². The van der Waals surface area contributed by atoms with Gasteiger partial charge in [0.25, 0.3) is 0 Å². The van der Waals surface area contributed by atoms with Gasteiger partial charge in [0, 0.05) is 17.5 Å². The number of rotatable bonds is 3. The molecule has 3 heteroatoms. The fourth-order valence-corrected chi connectivity index (χ4v) is 2.99. The second kappa shape index (κ2) is 5.61. The summed E-state index contributed by atoms with van der Waals surface area (Å²) in [6, 6.07) is 7.07. The van der Waals surface area contributed by atoms with E-state index in [1.165, 1.54) is 30.5 Å². The molecule has 1 heterocycles. The summed E-state index contributed by atoms with van der Waals surface area (Å²) >= 11 is 0. The summed E-state index contributed by atoms with van der Waals surface area (Å²) in [6.45, 7) is 2.25. The molecule has 1 aromatic heterocycles. The molecule has 0 aliphatic heterocycles. The minimum Gasteiger partial charge on any atom is -0.508 e. The van der Waals surface area contributed by atoms with Crippen LogP contribution in [0.3, 0.4) is 0 Å². The number of aryl methyl sites for hydroxylation is 1. The molecule has 20 heavy (non-hydrogen) atoms. The smallest absolute Gasteiger partial charge is 0.159 e. The van der Waals surface area contributed by atoms with Crippen molar-refractivity contribution in [1.29, 1.82) is 0 Å². The maximum atomic E-state index is 9.33. The van der Waals surface area contributed by atoms with Crippen molar-refractivity contribution >= 4 is 0 Å². The largest absolute Gasteiger partial charge is 0.508 e. The lowest BCUT2D eigenvalue weighted by Crippen LogP contribution is -2.16. The molecule has 3 nitrogen and oxygen atoms in total. The Labute approximate surface area is 119 Å². The van der Waals surface area contributed by atoms with E-state index in [1.54, 1.807) is 12.1 Å². The Morgan fingerprint density at radius 3 is 2.80 bits per heavy atom. The molecule has 1 aliphatic carbocycles. The molecule has 0 saturated carbocycles.